The normalized spacial score (nSPS) is 23.2. The Bertz CT molecular complexity index is 246. The molecule has 1 saturated heterocycles. The van der Waals surface area contributed by atoms with Gasteiger partial charge in [0.05, 0.1) is 6.07 Å². The number of carbonyl (C=O) groups is 1. The minimum absolute atomic E-state index is 0.0140. The number of nitrogens with zero attached hydrogens (tertiary/aromatic N) is 3. The lowest BCUT2D eigenvalue weighted by Crippen LogP contribution is -2.52. The van der Waals surface area contributed by atoms with Crippen LogP contribution in [0.25, 0.3) is 0 Å². The second kappa shape index (κ2) is 4.97. The fraction of sp³-hybridized carbons (Fsp3) is 0.800. The molecule has 1 heterocycles. The van der Waals surface area contributed by atoms with E-state index in [0.29, 0.717) is 6.04 Å². The van der Waals surface area contributed by atoms with Gasteiger partial charge in [0.25, 0.3) is 0 Å². The van der Waals surface area contributed by atoms with Crippen molar-refractivity contribution < 1.29 is 4.79 Å². The summed E-state index contributed by atoms with van der Waals surface area (Å²) < 4.78 is 0. The third-order valence-corrected chi connectivity index (χ3v) is 2.83. The summed E-state index contributed by atoms with van der Waals surface area (Å²) in [6.07, 6.45) is 1.06. The Balaban J connectivity index is 2.50. The van der Waals surface area contributed by atoms with Crippen LogP contribution < -0.4 is 0 Å². The molecule has 1 unspecified atom stereocenters. The second-order valence-corrected chi connectivity index (χ2v) is 3.72. The summed E-state index contributed by atoms with van der Waals surface area (Å²) in [5.74, 6) is -0.0287. The highest BCUT2D eigenvalue weighted by atomic mass is 16.2. The topological polar surface area (TPSA) is 47.3 Å². The molecule has 0 aromatic rings. The van der Waals surface area contributed by atoms with Gasteiger partial charge >= 0.3 is 0 Å². The van der Waals surface area contributed by atoms with Crippen LogP contribution in [-0.4, -0.2) is 48.4 Å². The molecule has 4 nitrogen and oxygen atoms in total. The monoisotopic (exact) mass is 195 g/mol. The van der Waals surface area contributed by atoms with Crippen LogP contribution in [0, 0.1) is 11.3 Å². The van der Waals surface area contributed by atoms with Crippen LogP contribution in [0.4, 0.5) is 0 Å². The first-order valence-electron chi connectivity index (χ1n) is 5.04. The zero-order valence-corrected chi connectivity index (χ0v) is 8.86. The van der Waals surface area contributed by atoms with Crippen LogP contribution in [0.1, 0.15) is 19.8 Å². The number of likely N-dealkylation sites (N-methyl/N-ethyl adjacent to an activating group) is 1. The molecule has 4 heteroatoms. The average Bonchev–Trinajstić information content (AvgIpc) is 2.19. The first-order valence-corrected chi connectivity index (χ1v) is 5.04. The van der Waals surface area contributed by atoms with Crippen molar-refractivity contribution in [3.63, 3.8) is 0 Å². The van der Waals surface area contributed by atoms with Gasteiger partial charge in [-0.3, -0.25) is 9.69 Å². The second-order valence-electron chi connectivity index (χ2n) is 3.72. The number of hydrogen-bond donors (Lipinski definition) is 0. The maximum absolute atomic E-state index is 11.5. The maximum Gasteiger partial charge on any atom is 0.236 e. The van der Waals surface area contributed by atoms with E-state index in [1.807, 2.05) is 6.07 Å². The molecule has 1 fully saturated rings. The summed E-state index contributed by atoms with van der Waals surface area (Å²) >= 11 is 0. The van der Waals surface area contributed by atoms with Gasteiger partial charge in [0.15, 0.2) is 0 Å². The Morgan fingerprint density at radius 1 is 1.57 bits per heavy atom. The van der Waals surface area contributed by atoms with Crippen molar-refractivity contribution in [3.8, 4) is 6.07 Å². The predicted molar refractivity (Wildman–Crippen MR) is 53.5 cm³/mol. The van der Waals surface area contributed by atoms with E-state index in [2.05, 4.69) is 18.9 Å². The molecular formula is C10H17N3O. The molecule has 0 radical (unpaired) electrons. The molecular weight excluding hydrogens is 178 g/mol. The van der Waals surface area contributed by atoms with E-state index in [0.717, 1.165) is 26.1 Å². The number of rotatable bonds is 2. The van der Waals surface area contributed by atoms with E-state index in [9.17, 15) is 4.79 Å². The van der Waals surface area contributed by atoms with Crippen molar-refractivity contribution in [3.05, 3.63) is 0 Å². The van der Waals surface area contributed by atoms with E-state index in [1.54, 1.807) is 4.90 Å². The van der Waals surface area contributed by atoms with Gasteiger partial charge in [0.1, 0.15) is 6.42 Å². The van der Waals surface area contributed by atoms with E-state index in [-0.39, 0.29) is 12.3 Å². The molecule has 78 valence electrons. The highest BCUT2D eigenvalue weighted by Gasteiger charge is 2.25. The maximum atomic E-state index is 11.5. The Labute approximate surface area is 85.1 Å². The lowest BCUT2D eigenvalue weighted by molar-refractivity contribution is -0.132. The van der Waals surface area contributed by atoms with Crippen LogP contribution in [0.15, 0.2) is 0 Å². The van der Waals surface area contributed by atoms with E-state index in [1.165, 1.54) is 0 Å². The number of piperazine rings is 1. The Morgan fingerprint density at radius 3 is 2.86 bits per heavy atom. The zero-order valence-electron chi connectivity index (χ0n) is 8.86. The fourth-order valence-corrected chi connectivity index (χ4v) is 1.79. The van der Waals surface area contributed by atoms with Crippen LogP contribution >= 0.6 is 0 Å². The standard InChI is InChI=1S/C10H17N3O/c1-3-9-8-13(7-6-12(9)2)10(14)4-5-11/h9H,3-4,6-8H2,1-2H3. The number of amides is 1. The molecule has 0 aliphatic carbocycles. The van der Waals surface area contributed by atoms with Crippen LogP contribution in [0.3, 0.4) is 0 Å². The van der Waals surface area contributed by atoms with E-state index < -0.39 is 0 Å². The van der Waals surface area contributed by atoms with Gasteiger partial charge in [-0.05, 0) is 13.5 Å². The largest absolute Gasteiger partial charge is 0.339 e. The molecule has 0 saturated carbocycles. The van der Waals surface area contributed by atoms with Crippen molar-refractivity contribution >= 4 is 5.91 Å². The third kappa shape index (κ3) is 2.46. The Kier molecular flexibility index (Phi) is 3.90. The van der Waals surface area contributed by atoms with Gasteiger partial charge in [0.2, 0.25) is 5.91 Å². The molecule has 14 heavy (non-hydrogen) atoms. The van der Waals surface area contributed by atoms with Crippen molar-refractivity contribution in [2.24, 2.45) is 0 Å². The summed E-state index contributed by atoms with van der Waals surface area (Å²) in [6, 6.07) is 2.35. The number of carbonyl (C=O) groups excluding carboxylic acids is 1. The van der Waals surface area contributed by atoms with Crippen LogP contribution in [0.5, 0.6) is 0 Å². The Hall–Kier alpha value is -1.08. The lowest BCUT2D eigenvalue weighted by Gasteiger charge is -2.38. The van der Waals surface area contributed by atoms with E-state index in [4.69, 9.17) is 5.26 Å². The van der Waals surface area contributed by atoms with Gasteiger partial charge in [-0.15, -0.1) is 0 Å². The smallest absolute Gasteiger partial charge is 0.236 e. The molecule has 1 aliphatic heterocycles. The molecule has 0 spiro atoms. The van der Waals surface area contributed by atoms with Crippen LogP contribution in [0.2, 0.25) is 0 Å². The molecule has 1 rings (SSSR count). The summed E-state index contributed by atoms with van der Waals surface area (Å²) in [4.78, 5) is 15.5. The fourth-order valence-electron chi connectivity index (χ4n) is 1.79. The molecule has 0 aromatic carbocycles. The first kappa shape index (κ1) is 11.0. The van der Waals surface area contributed by atoms with Crippen molar-refractivity contribution in [2.75, 3.05) is 26.7 Å². The van der Waals surface area contributed by atoms with Crippen molar-refractivity contribution in [1.29, 1.82) is 5.26 Å². The van der Waals surface area contributed by atoms with Crippen molar-refractivity contribution in [2.45, 2.75) is 25.8 Å². The lowest BCUT2D eigenvalue weighted by atomic mass is 10.1. The molecule has 1 atom stereocenters. The van der Waals surface area contributed by atoms with Gasteiger partial charge in [0, 0.05) is 25.7 Å². The molecule has 1 aliphatic rings. The highest BCUT2D eigenvalue weighted by molar-refractivity contribution is 5.78. The quantitative estimate of drug-likeness (QED) is 0.643. The van der Waals surface area contributed by atoms with Gasteiger partial charge in [-0.1, -0.05) is 6.92 Å². The molecule has 0 bridgehead atoms. The number of nitriles is 1. The Morgan fingerprint density at radius 2 is 2.29 bits per heavy atom. The third-order valence-electron chi connectivity index (χ3n) is 2.83. The van der Waals surface area contributed by atoms with E-state index >= 15 is 0 Å². The van der Waals surface area contributed by atoms with Gasteiger partial charge in [-0.25, -0.2) is 0 Å². The predicted octanol–water partition coefficient (Wildman–Crippen LogP) is 0.453. The molecule has 0 aromatic heterocycles. The summed E-state index contributed by atoms with van der Waals surface area (Å²) in [7, 11) is 2.08. The van der Waals surface area contributed by atoms with Crippen molar-refractivity contribution in [1.82, 2.24) is 9.80 Å². The summed E-state index contributed by atoms with van der Waals surface area (Å²) in [5, 5.41) is 8.43. The average molecular weight is 195 g/mol. The molecule has 1 amide bonds. The van der Waals surface area contributed by atoms with Gasteiger partial charge in [-0.2, -0.15) is 5.26 Å². The SMILES string of the molecule is CCC1CN(C(=O)CC#N)CCN1C. The zero-order chi connectivity index (χ0) is 10.6. The summed E-state index contributed by atoms with van der Waals surface area (Å²) in [5.41, 5.74) is 0. The van der Waals surface area contributed by atoms with Crippen LogP contribution in [-0.2, 0) is 4.79 Å². The first-order chi connectivity index (χ1) is 6.69. The minimum atomic E-state index is -0.0287. The summed E-state index contributed by atoms with van der Waals surface area (Å²) in [6.45, 7) is 4.57. The van der Waals surface area contributed by atoms with Gasteiger partial charge < -0.3 is 4.90 Å². The minimum Gasteiger partial charge on any atom is -0.339 e. The molecule has 0 N–H and O–H groups in total. The number of hydrogen-bond acceptors (Lipinski definition) is 3. The highest BCUT2D eigenvalue weighted by Crippen LogP contribution is 2.11.